The third-order valence-electron chi connectivity index (χ3n) is 4.01. The molecular weight excluding hydrogens is 319 g/mol. The Morgan fingerprint density at radius 1 is 1.00 bits per heavy atom. The number of hydrogen-bond acceptors (Lipinski definition) is 3. The summed E-state index contributed by atoms with van der Waals surface area (Å²) in [5.74, 6) is -0.821. The standard InChI is InChI=1S/C19H19FN4O/c1-11-5-8-17(13(3)9-11)24-22-14(4)18(23-24)19(25)21-16-10-15(20)7-6-12(16)2/h5-10H,1-4H3,(H,21,25). The number of anilines is 1. The van der Waals surface area contributed by atoms with Crippen molar-refractivity contribution in [3.05, 3.63) is 70.3 Å². The zero-order chi connectivity index (χ0) is 18.1. The van der Waals surface area contributed by atoms with Crippen LogP contribution in [0.25, 0.3) is 5.69 Å². The lowest BCUT2D eigenvalue weighted by Crippen LogP contribution is -2.15. The fourth-order valence-corrected chi connectivity index (χ4v) is 2.64. The number of aryl methyl sites for hydroxylation is 4. The van der Waals surface area contributed by atoms with Crippen LogP contribution in [0.3, 0.4) is 0 Å². The van der Waals surface area contributed by atoms with Crippen LogP contribution in [0.4, 0.5) is 10.1 Å². The van der Waals surface area contributed by atoms with Gasteiger partial charge in [0.1, 0.15) is 5.82 Å². The van der Waals surface area contributed by atoms with Crippen molar-refractivity contribution < 1.29 is 9.18 Å². The minimum Gasteiger partial charge on any atom is -0.320 e. The van der Waals surface area contributed by atoms with Crippen molar-refractivity contribution in [2.45, 2.75) is 27.7 Å². The summed E-state index contributed by atoms with van der Waals surface area (Å²) in [5.41, 5.74) is 4.89. The van der Waals surface area contributed by atoms with E-state index >= 15 is 0 Å². The lowest BCUT2D eigenvalue weighted by atomic mass is 10.1. The average molecular weight is 338 g/mol. The first kappa shape index (κ1) is 16.8. The maximum Gasteiger partial charge on any atom is 0.278 e. The topological polar surface area (TPSA) is 59.8 Å². The quantitative estimate of drug-likeness (QED) is 0.788. The zero-order valence-electron chi connectivity index (χ0n) is 14.6. The predicted octanol–water partition coefficient (Wildman–Crippen LogP) is 3.89. The van der Waals surface area contributed by atoms with Gasteiger partial charge >= 0.3 is 0 Å². The Morgan fingerprint density at radius 3 is 2.48 bits per heavy atom. The summed E-state index contributed by atoms with van der Waals surface area (Å²) in [4.78, 5) is 14.0. The van der Waals surface area contributed by atoms with Crippen LogP contribution in [0.15, 0.2) is 36.4 Å². The maximum absolute atomic E-state index is 13.4. The molecule has 2 aromatic carbocycles. The Kier molecular flexibility index (Phi) is 4.35. The van der Waals surface area contributed by atoms with Crippen molar-refractivity contribution in [2.75, 3.05) is 5.32 Å². The van der Waals surface area contributed by atoms with Crippen molar-refractivity contribution in [2.24, 2.45) is 0 Å². The molecule has 5 nitrogen and oxygen atoms in total. The lowest BCUT2D eigenvalue weighted by molar-refractivity contribution is 0.102. The Morgan fingerprint density at radius 2 is 1.76 bits per heavy atom. The Labute approximate surface area is 145 Å². The van der Waals surface area contributed by atoms with Crippen LogP contribution < -0.4 is 5.32 Å². The first-order valence-electron chi connectivity index (χ1n) is 7.94. The van der Waals surface area contributed by atoms with E-state index in [2.05, 4.69) is 15.5 Å². The zero-order valence-corrected chi connectivity index (χ0v) is 14.6. The van der Waals surface area contributed by atoms with Crippen LogP contribution >= 0.6 is 0 Å². The number of halogens is 1. The molecule has 0 bridgehead atoms. The maximum atomic E-state index is 13.4. The number of carbonyl (C=O) groups excluding carboxylic acids is 1. The van der Waals surface area contributed by atoms with Crippen LogP contribution in [0.5, 0.6) is 0 Å². The summed E-state index contributed by atoms with van der Waals surface area (Å²) < 4.78 is 13.4. The second kappa shape index (κ2) is 6.47. The van der Waals surface area contributed by atoms with Crippen molar-refractivity contribution in [1.29, 1.82) is 0 Å². The Balaban J connectivity index is 1.92. The largest absolute Gasteiger partial charge is 0.320 e. The molecule has 3 rings (SSSR count). The molecule has 0 saturated heterocycles. The minimum atomic E-state index is -0.415. The number of carbonyl (C=O) groups is 1. The van der Waals surface area contributed by atoms with Gasteiger partial charge in [-0.2, -0.15) is 9.90 Å². The fraction of sp³-hybridized carbons (Fsp3) is 0.211. The van der Waals surface area contributed by atoms with E-state index in [4.69, 9.17) is 0 Å². The molecule has 1 heterocycles. The summed E-state index contributed by atoms with van der Waals surface area (Å²) in [5, 5.41) is 11.4. The molecule has 0 radical (unpaired) electrons. The molecule has 25 heavy (non-hydrogen) atoms. The highest BCUT2D eigenvalue weighted by Crippen LogP contribution is 2.19. The summed E-state index contributed by atoms with van der Waals surface area (Å²) in [6.45, 7) is 7.50. The number of benzene rings is 2. The van der Waals surface area contributed by atoms with Gasteiger partial charge in [0.05, 0.1) is 11.4 Å². The van der Waals surface area contributed by atoms with E-state index in [0.717, 1.165) is 22.4 Å². The minimum absolute atomic E-state index is 0.212. The van der Waals surface area contributed by atoms with Gasteiger partial charge in [0, 0.05) is 5.69 Å². The Bertz CT molecular complexity index is 962. The van der Waals surface area contributed by atoms with E-state index < -0.39 is 11.7 Å². The molecule has 0 saturated carbocycles. The molecule has 1 aromatic heterocycles. The highest BCUT2D eigenvalue weighted by Gasteiger charge is 2.18. The van der Waals surface area contributed by atoms with Crippen molar-refractivity contribution in [3.8, 4) is 5.69 Å². The molecule has 0 atom stereocenters. The highest BCUT2D eigenvalue weighted by molar-refractivity contribution is 6.03. The van der Waals surface area contributed by atoms with E-state index in [1.165, 1.54) is 16.9 Å². The predicted molar refractivity (Wildman–Crippen MR) is 94.7 cm³/mol. The second-order valence-corrected chi connectivity index (χ2v) is 6.13. The molecule has 0 aliphatic carbocycles. The monoisotopic (exact) mass is 338 g/mol. The molecule has 0 aliphatic rings. The van der Waals surface area contributed by atoms with Gasteiger partial charge in [-0.05, 0) is 57.0 Å². The Hall–Kier alpha value is -3.02. The third kappa shape index (κ3) is 3.42. The van der Waals surface area contributed by atoms with Gasteiger partial charge in [0.25, 0.3) is 5.91 Å². The van der Waals surface area contributed by atoms with Crippen molar-refractivity contribution in [1.82, 2.24) is 15.0 Å². The van der Waals surface area contributed by atoms with Gasteiger partial charge < -0.3 is 5.32 Å². The number of nitrogens with zero attached hydrogens (tertiary/aromatic N) is 3. The van der Waals surface area contributed by atoms with E-state index in [0.29, 0.717) is 11.4 Å². The number of hydrogen-bond donors (Lipinski definition) is 1. The van der Waals surface area contributed by atoms with Gasteiger partial charge in [0.15, 0.2) is 5.69 Å². The van der Waals surface area contributed by atoms with Crippen molar-refractivity contribution in [3.63, 3.8) is 0 Å². The van der Waals surface area contributed by atoms with Crippen LogP contribution in [0.1, 0.15) is 32.9 Å². The van der Waals surface area contributed by atoms with E-state index in [1.54, 1.807) is 19.9 Å². The second-order valence-electron chi connectivity index (χ2n) is 6.13. The molecule has 3 aromatic rings. The van der Waals surface area contributed by atoms with E-state index in [9.17, 15) is 9.18 Å². The number of aromatic nitrogens is 3. The number of rotatable bonds is 3. The highest BCUT2D eigenvalue weighted by atomic mass is 19.1. The van der Waals surface area contributed by atoms with E-state index in [-0.39, 0.29) is 5.69 Å². The lowest BCUT2D eigenvalue weighted by Gasteiger charge is -2.07. The molecule has 1 N–H and O–H groups in total. The molecule has 128 valence electrons. The fourth-order valence-electron chi connectivity index (χ4n) is 2.64. The number of nitrogens with one attached hydrogen (secondary N) is 1. The van der Waals surface area contributed by atoms with Gasteiger partial charge in [-0.15, -0.1) is 5.10 Å². The first-order valence-corrected chi connectivity index (χ1v) is 7.94. The first-order chi connectivity index (χ1) is 11.8. The molecular formula is C19H19FN4O. The van der Waals surface area contributed by atoms with Crippen LogP contribution in [0, 0.1) is 33.5 Å². The summed E-state index contributed by atoms with van der Waals surface area (Å²) in [6.07, 6.45) is 0. The van der Waals surface area contributed by atoms with Crippen LogP contribution in [-0.2, 0) is 0 Å². The van der Waals surface area contributed by atoms with Gasteiger partial charge in [-0.3, -0.25) is 4.79 Å². The molecule has 0 spiro atoms. The summed E-state index contributed by atoms with van der Waals surface area (Å²) in [7, 11) is 0. The number of amides is 1. The van der Waals surface area contributed by atoms with Crippen LogP contribution in [0.2, 0.25) is 0 Å². The van der Waals surface area contributed by atoms with Gasteiger partial charge in [0.2, 0.25) is 0 Å². The molecule has 0 aliphatic heterocycles. The third-order valence-corrected chi connectivity index (χ3v) is 4.01. The summed E-state index contributed by atoms with van der Waals surface area (Å²) >= 11 is 0. The van der Waals surface area contributed by atoms with Gasteiger partial charge in [-0.25, -0.2) is 4.39 Å². The van der Waals surface area contributed by atoms with Crippen LogP contribution in [-0.4, -0.2) is 20.9 Å². The summed E-state index contributed by atoms with van der Waals surface area (Å²) in [6, 6.07) is 10.2. The molecule has 0 fully saturated rings. The normalized spacial score (nSPS) is 10.8. The molecule has 0 unspecified atom stereocenters. The van der Waals surface area contributed by atoms with Crippen molar-refractivity contribution >= 4 is 11.6 Å². The smallest absolute Gasteiger partial charge is 0.278 e. The molecule has 1 amide bonds. The van der Waals surface area contributed by atoms with Gasteiger partial charge in [-0.1, -0.05) is 23.8 Å². The SMILES string of the molecule is Cc1ccc(-n2nc(C)c(C(=O)Nc3cc(F)ccc3C)n2)c(C)c1. The molecule has 6 heteroatoms. The average Bonchev–Trinajstić information content (AvgIpc) is 2.92. The van der Waals surface area contributed by atoms with E-state index in [1.807, 2.05) is 32.0 Å².